The second-order valence-electron chi connectivity index (χ2n) is 5.35. The highest BCUT2D eigenvalue weighted by atomic mass is 35.5. The number of aliphatic hydroxyl groups excluding tert-OH is 1. The van der Waals surface area contributed by atoms with Gasteiger partial charge in [0.1, 0.15) is 0 Å². The van der Waals surface area contributed by atoms with Crippen molar-refractivity contribution < 1.29 is 9.90 Å². The summed E-state index contributed by atoms with van der Waals surface area (Å²) in [6, 6.07) is 8.61. The van der Waals surface area contributed by atoms with Gasteiger partial charge in [-0.1, -0.05) is 41.0 Å². The zero-order valence-electron chi connectivity index (χ0n) is 14.0. The summed E-state index contributed by atoms with van der Waals surface area (Å²) in [6.45, 7) is 0.232. The molecule has 2 N–H and O–H groups in total. The minimum Gasteiger partial charge on any atom is -0.395 e. The number of aromatic nitrogens is 4. The zero-order chi connectivity index (χ0) is 19.2. The summed E-state index contributed by atoms with van der Waals surface area (Å²) in [6.07, 6.45) is 3.31. The van der Waals surface area contributed by atoms with Crippen molar-refractivity contribution in [1.82, 2.24) is 19.7 Å². The van der Waals surface area contributed by atoms with Crippen LogP contribution >= 0.6 is 35.0 Å². The van der Waals surface area contributed by atoms with Gasteiger partial charge >= 0.3 is 0 Å². The van der Waals surface area contributed by atoms with E-state index in [0.717, 1.165) is 5.56 Å². The van der Waals surface area contributed by atoms with Gasteiger partial charge in [0.15, 0.2) is 11.0 Å². The molecule has 3 rings (SSSR count). The number of amides is 1. The van der Waals surface area contributed by atoms with E-state index in [-0.39, 0.29) is 18.3 Å². The number of rotatable bonds is 7. The quantitative estimate of drug-likeness (QED) is 0.565. The third kappa shape index (κ3) is 4.78. The van der Waals surface area contributed by atoms with Gasteiger partial charge < -0.3 is 10.4 Å². The first-order valence-corrected chi connectivity index (χ1v) is 9.65. The number of aliphatic hydroxyl groups is 1. The molecule has 140 valence electrons. The van der Waals surface area contributed by atoms with E-state index < -0.39 is 0 Å². The summed E-state index contributed by atoms with van der Waals surface area (Å²) in [7, 11) is 0. The van der Waals surface area contributed by atoms with Crippen molar-refractivity contribution in [2.24, 2.45) is 0 Å². The van der Waals surface area contributed by atoms with E-state index in [1.54, 1.807) is 47.3 Å². The number of nitrogens with one attached hydrogen (secondary N) is 1. The second-order valence-corrected chi connectivity index (χ2v) is 7.11. The number of hydrogen-bond donors (Lipinski definition) is 2. The Morgan fingerprint density at radius 2 is 1.85 bits per heavy atom. The monoisotopic (exact) mass is 423 g/mol. The average Bonchev–Trinajstić information content (AvgIpc) is 3.07. The number of carbonyl (C=O) groups excluding carboxylic acids is 1. The Hall–Kier alpha value is -2.13. The molecule has 0 unspecified atom stereocenters. The summed E-state index contributed by atoms with van der Waals surface area (Å²) < 4.78 is 1.76. The Bertz CT molecular complexity index is 916. The molecule has 0 fully saturated rings. The van der Waals surface area contributed by atoms with Crippen molar-refractivity contribution in [3.8, 4) is 11.4 Å². The van der Waals surface area contributed by atoms with E-state index in [9.17, 15) is 9.90 Å². The number of pyridine rings is 1. The summed E-state index contributed by atoms with van der Waals surface area (Å²) in [5.74, 6) is 0.407. The lowest BCUT2D eigenvalue weighted by atomic mass is 10.2. The van der Waals surface area contributed by atoms with Gasteiger partial charge in [0.25, 0.3) is 0 Å². The largest absolute Gasteiger partial charge is 0.395 e. The molecule has 1 aromatic carbocycles. The Labute approximate surface area is 169 Å². The van der Waals surface area contributed by atoms with Crippen molar-refractivity contribution >= 4 is 46.6 Å². The smallest absolute Gasteiger partial charge is 0.234 e. The molecule has 0 saturated heterocycles. The fraction of sp³-hybridized carbons (Fsp3) is 0.176. The molecule has 1 amide bonds. The number of benzene rings is 1. The van der Waals surface area contributed by atoms with E-state index in [1.165, 1.54) is 11.8 Å². The third-order valence-electron chi connectivity index (χ3n) is 3.54. The molecule has 2 heterocycles. The van der Waals surface area contributed by atoms with Gasteiger partial charge in [0.2, 0.25) is 5.91 Å². The molecule has 2 aromatic heterocycles. The van der Waals surface area contributed by atoms with Crippen LogP contribution in [-0.2, 0) is 11.3 Å². The number of hydrogen-bond acceptors (Lipinski definition) is 6. The molecule has 0 spiro atoms. The first-order valence-electron chi connectivity index (χ1n) is 7.91. The van der Waals surface area contributed by atoms with E-state index in [0.29, 0.717) is 33.3 Å². The highest BCUT2D eigenvalue weighted by molar-refractivity contribution is 7.99. The number of nitrogens with zero attached hydrogens (tertiary/aromatic N) is 4. The minimum atomic E-state index is -0.279. The maximum Gasteiger partial charge on any atom is 0.234 e. The first-order chi connectivity index (χ1) is 13.1. The van der Waals surface area contributed by atoms with Crippen LogP contribution in [0.1, 0.15) is 0 Å². The fourth-order valence-electron chi connectivity index (χ4n) is 2.33. The number of thioether (sulfide) groups is 1. The van der Waals surface area contributed by atoms with Gasteiger partial charge in [-0.05, 0) is 24.3 Å². The molecule has 27 heavy (non-hydrogen) atoms. The van der Waals surface area contributed by atoms with Crippen LogP contribution in [0.4, 0.5) is 5.69 Å². The standard InChI is InChI=1S/C17H15Cl2N5O2S/c18-12-2-1-3-13(19)15(12)21-14(26)10-27-17-23-22-16(24(17)8-9-25)11-4-6-20-7-5-11/h1-7,25H,8-10H2,(H,21,26). The normalized spacial score (nSPS) is 10.8. The van der Waals surface area contributed by atoms with E-state index in [1.807, 2.05) is 0 Å². The molecular weight excluding hydrogens is 409 g/mol. The summed E-state index contributed by atoms with van der Waals surface area (Å²) in [5, 5.41) is 21.6. The number of carbonyl (C=O) groups is 1. The van der Waals surface area contributed by atoms with Crippen LogP contribution in [0.3, 0.4) is 0 Å². The molecule has 10 heteroatoms. The van der Waals surface area contributed by atoms with Gasteiger partial charge in [-0.2, -0.15) is 0 Å². The van der Waals surface area contributed by atoms with Crippen LogP contribution in [0, 0.1) is 0 Å². The van der Waals surface area contributed by atoms with E-state index >= 15 is 0 Å². The summed E-state index contributed by atoms with van der Waals surface area (Å²) >= 11 is 13.3. The summed E-state index contributed by atoms with van der Waals surface area (Å²) in [4.78, 5) is 16.3. The Kier molecular flexibility index (Phi) is 6.68. The maximum atomic E-state index is 12.3. The van der Waals surface area contributed by atoms with Crippen LogP contribution in [0.15, 0.2) is 47.9 Å². The molecule has 3 aromatic rings. The van der Waals surface area contributed by atoms with E-state index in [2.05, 4.69) is 20.5 Å². The van der Waals surface area contributed by atoms with Gasteiger partial charge in [-0.25, -0.2) is 0 Å². The highest BCUT2D eigenvalue weighted by Gasteiger charge is 2.16. The minimum absolute atomic E-state index is 0.0783. The average molecular weight is 424 g/mol. The van der Waals surface area contributed by atoms with Gasteiger partial charge in [-0.15, -0.1) is 10.2 Å². The number of anilines is 1. The molecular formula is C17H15Cl2N5O2S. The molecule has 0 aliphatic carbocycles. The molecule has 0 atom stereocenters. The molecule has 0 radical (unpaired) electrons. The molecule has 0 bridgehead atoms. The molecule has 0 aliphatic heterocycles. The SMILES string of the molecule is O=C(CSc1nnc(-c2ccncc2)n1CCO)Nc1c(Cl)cccc1Cl. The molecule has 0 aliphatic rings. The molecule has 7 nitrogen and oxygen atoms in total. The van der Waals surface area contributed by atoms with Crippen molar-refractivity contribution in [3.05, 3.63) is 52.8 Å². The van der Waals surface area contributed by atoms with Crippen LogP contribution in [0.25, 0.3) is 11.4 Å². The van der Waals surface area contributed by atoms with Gasteiger partial charge in [0.05, 0.1) is 28.1 Å². The predicted molar refractivity (Wildman–Crippen MR) is 106 cm³/mol. The van der Waals surface area contributed by atoms with Crippen LogP contribution in [-0.4, -0.2) is 43.1 Å². The van der Waals surface area contributed by atoms with Crippen molar-refractivity contribution in [2.75, 3.05) is 17.7 Å². The Morgan fingerprint density at radius 3 is 2.52 bits per heavy atom. The summed E-state index contributed by atoms with van der Waals surface area (Å²) in [5.41, 5.74) is 1.20. The van der Waals surface area contributed by atoms with Gasteiger partial charge in [-0.3, -0.25) is 14.3 Å². The first kappa shape index (κ1) is 19.6. The molecule has 0 saturated carbocycles. The topological polar surface area (TPSA) is 92.9 Å². The Morgan fingerprint density at radius 1 is 1.15 bits per heavy atom. The lowest BCUT2D eigenvalue weighted by Gasteiger charge is -2.10. The zero-order valence-corrected chi connectivity index (χ0v) is 16.3. The fourth-order valence-corrected chi connectivity index (χ4v) is 3.59. The van der Waals surface area contributed by atoms with E-state index in [4.69, 9.17) is 23.2 Å². The highest BCUT2D eigenvalue weighted by Crippen LogP contribution is 2.30. The van der Waals surface area contributed by atoms with Crippen molar-refractivity contribution in [1.29, 1.82) is 0 Å². The number of halogens is 2. The maximum absolute atomic E-state index is 12.3. The lowest BCUT2D eigenvalue weighted by Crippen LogP contribution is -2.15. The van der Waals surface area contributed by atoms with Crippen LogP contribution in [0.2, 0.25) is 10.0 Å². The van der Waals surface area contributed by atoms with Crippen molar-refractivity contribution in [3.63, 3.8) is 0 Å². The van der Waals surface area contributed by atoms with Crippen LogP contribution < -0.4 is 5.32 Å². The van der Waals surface area contributed by atoms with Crippen LogP contribution in [0.5, 0.6) is 0 Å². The second kappa shape index (κ2) is 9.18. The van der Waals surface area contributed by atoms with Crippen molar-refractivity contribution in [2.45, 2.75) is 11.7 Å². The number of para-hydroxylation sites is 1. The predicted octanol–water partition coefficient (Wildman–Crippen LogP) is 3.37. The lowest BCUT2D eigenvalue weighted by molar-refractivity contribution is -0.113. The Balaban J connectivity index is 1.72. The third-order valence-corrected chi connectivity index (χ3v) is 5.14. The van der Waals surface area contributed by atoms with Gasteiger partial charge in [0, 0.05) is 24.5 Å².